The molecule has 1 heterocycles. The molecule has 0 aliphatic heterocycles. The average molecular weight is 326 g/mol. The molecule has 0 aliphatic rings. The number of hydrogen-bond acceptors (Lipinski definition) is 6. The van der Waals surface area contributed by atoms with Gasteiger partial charge in [0.05, 0.1) is 12.8 Å². The minimum Gasteiger partial charge on any atom is -0.461 e. The summed E-state index contributed by atoms with van der Waals surface area (Å²) in [5.74, 6) is -0.784. The third-order valence-electron chi connectivity index (χ3n) is 2.35. The van der Waals surface area contributed by atoms with Crippen molar-refractivity contribution in [3.63, 3.8) is 0 Å². The zero-order valence-electron chi connectivity index (χ0n) is 13.7. The lowest BCUT2D eigenvalue weighted by Gasteiger charge is -2.19. The molecule has 1 aromatic heterocycles. The molecule has 1 rings (SSSR count). The van der Waals surface area contributed by atoms with Crippen LogP contribution >= 0.6 is 0 Å². The second-order valence-corrected chi connectivity index (χ2v) is 5.59. The molecule has 0 aromatic carbocycles. The molecule has 0 radical (unpaired) electrons. The van der Waals surface area contributed by atoms with Crippen molar-refractivity contribution >= 4 is 23.9 Å². The predicted molar refractivity (Wildman–Crippen MR) is 82.0 cm³/mol. The lowest BCUT2D eigenvalue weighted by atomic mass is 10.2. The van der Waals surface area contributed by atoms with Gasteiger partial charge in [0.15, 0.2) is 0 Å². The number of aromatic amines is 1. The minimum atomic E-state index is -0.593. The quantitative estimate of drug-likeness (QED) is 0.680. The molecule has 23 heavy (non-hydrogen) atoms. The second kappa shape index (κ2) is 8.16. The number of imidazole rings is 1. The van der Waals surface area contributed by atoms with Crippen LogP contribution in [0.15, 0.2) is 6.20 Å². The minimum absolute atomic E-state index is 0.0364. The van der Waals surface area contributed by atoms with E-state index in [4.69, 9.17) is 9.47 Å². The maximum atomic E-state index is 11.7. The summed E-state index contributed by atoms with van der Waals surface area (Å²) in [7, 11) is 0. The van der Waals surface area contributed by atoms with Crippen molar-refractivity contribution in [1.29, 1.82) is 0 Å². The Morgan fingerprint density at radius 1 is 1.30 bits per heavy atom. The summed E-state index contributed by atoms with van der Waals surface area (Å²) in [6.07, 6.45) is 0.717. The average Bonchev–Trinajstić information content (AvgIpc) is 2.85. The largest absolute Gasteiger partial charge is 0.461 e. The molecule has 0 aliphatic carbocycles. The summed E-state index contributed by atoms with van der Waals surface area (Å²) >= 11 is 0. The topological polar surface area (TPSA) is 122 Å². The molecule has 0 unspecified atom stereocenters. The van der Waals surface area contributed by atoms with Crippen LogP contribution in [0.2, 0.25) is 0 Å². The van der Waals surface area contributed by atoms with Gasteiger partial charge in [0, 0.05) is 13.0 Å². The highest BCUT2D eigenvalue weighted by Crippen LogP contribution is 2.06. The molecule has 0 bridgehead atoms. The Bertz CT molecular complexity index is 562. The number of nitrogens with one attached hydrogen (secondary N) is 3. The normalized spacial score (nSPS) is 10.8. The number of aromatic nitrogens is 2. The molecule has 1 aromatic rings. The molecule has 9 nitrogen and oxygen atoms in total. The van der Waals surface area contributed by atoms with E-state index < -0.39 is 17.7 Å². The van der Waals surface area contributed by atoms with Crippen LogP contribution in [-0.4, -0.2) is 46.7 Å². The fourth-order valence-corrected chi connectivity index (χ4v) is 1.48. The maximum absolute atomic E-state index is 11.7. The molecule has 128 valence electrons. The number of nitrogens with zero attached hydrogens (tertiary/aromatic N) is 1. The van der Waals surface area contributed by atoms with Gasteiger partial charge in [-0.05, 0) is 27.7 Å². The number of esters is 1. The summed E-state index contributed by atoms with van der Waals surface area (Å²) in [4.78, 5) is 41.0. The number of hydrogen-bond donors (Lipinski definition) is 3. The number of carbonyl (C=O) groups excluding carboxylic acids is 3. The SMILES string of the molecule is CCOC(=O)c1cnc(NC(=O)CCNC(=O)OC(C)(C)C)[nH]1. The van der Waals surface area contributed by atoms with Crippen molar-refractivity contribution in [2.45, 2.75) is 39.7 Å². The molecule has 3 N–H and O–H groups in total. The number of anilines is 1. The van der Waals surface area contributed by atoms with Crippen LogP contribution in [-0.2, 0) is 14.3 Å². The monoisotopic (exact) mass is 326 g/mol. The smallest absolute Gasteiger partial charge is 0.407 e. The summed E-state index contributed by atoms with van der Waals surface area (Å²) in [6, 6.07) is 0. The Morgan fingerprint density at radius 2 is 2.00 bits per heavy atom. The predicted octanol–water partition coefficient (Wildman–Crippen LogP) is 1.44. The first-order chi connectivity index (χ1) is 10.7. The number of carbonyl (C=O) groups is 3. The van der Waals surface area contributed by atoms with Gasteiger partial charge in [-0.2, -0.15) is 0 Å². The lowest BCUT2D eigenvalue weighted by Crippen LogP contribution is -2.34. The van der Waals surface area contributed by atoms with E-state index in [1.54, 1.807) is 27.7 Å². The first kappa shape index (κ1) is 18.5. The van der Waals surface area contributed by atoms with Crippen molar-refractivity contribution in [3.8, 4) is 0 Å². The first-order valence-corrected chi connectivity index (χ1v) is 7.20. The highest BCUT2D eigenvalue weighted by atomic mass is 16.6. The zero-order valence-corrected chi connectivity index (χ0v) is 13.7. The molecule has 0 saturated heterocycles. The van der Waals surface area contributed by atoms with Crippen LogP contribution in [0.25, 0.3) is 0 Å². The van der Waals surface area contributed by atoms with Gasteiger partial charge in [-0.1, -0.05) is 0 Å². The third kappa shape index (κ3) is 7.30. The Morgan fingerprint density at radius 3 is 2.61 bits per heavy atom. The van der Waals surface area contributed by atoms with E-state index >= 15 is 0 Å². The van der Waals surface area contributed by atoms with Crippen LogP contribution in [0.5, 0.6) is 0 Å². The first-order valence-electron chi connectivity index (χ1n) is 7.20. The van der Waals surface area contributed by atoms with Gasteiger partial charge in [0.25, 0.3) is 0 Å². The molecule has 0 saturated carbocycles. The van der Waals surface area contributed by atoms with E-state index in [2.05, 4.69) is 20.6 Å². The van der Waals surface area contributed by atoms with Gasteiger partial charge >= 0.3 is 12.1 Å². The van der Waals surface area contributed by atoms with Crippen molar-refractivity contribution in [2.75, 3.05) is 18.5 Å². The van der Waals surface area contributed by atoms with Crippen molar-refractivity contribution in [2.24, 2.45) is 0 Å². The lowest BCUT2D eigenvalue weighted by molar-refractivity contribution is -0.116. The van der Waals surface area contributed by atoms with Gasteiger partial charge in [-0.25, -0.2) is 14.6 Å². The van der Waals surface area contributed by atoms with Crippen molar-refractivity contribution < 1.29 is 23.9 Å². The maximum Gasteiger partial charge on any atom is 0.407 e. The zero-order chi connectivity index (χ0) is 17.5. The molecule has 9 heteroatoms. The van der Waals surface area contributed by atoms with Gasteiger partial charge in [0.1, 0.15) is 11.3 Å². The molecule has 0 spiro atoms. The number of rotatable bonds is 6. The fourth-order valence-electron chi connectivity index (χ4n) is 1.48. The highest BCUT2D eigenvalue weighted by molar-refractivity contribution is 5.91. The number of amides is 2. The van der Waals surface area contributed by atoms with Crippen LogP contribution in [0.3, 0.4) is 0 Å². The van der Waals surface area contributed by atoms with Crippen molar-refractivity contribution in [1.82, 2.24) is 15.3 Å². The van der Waals surface area contributed by atoms with E-state index in [-0.39, 0.29) is 37.1 Å². The van der Waals surface area contributed by atoms with E-state index in [0.717, 1.165) is 0 Å². The molecule has 0 fully saturated rings. The standard InChI is InChI=1S/C14H22N4O5/c1-5-22-11(20)9-8-16-12(17-9)18-10(19)6-7-15-13(21)23-14(2,3)4/h8H,5-7H2,1-4H3,(H,15,21)(H2,16,17,18,19). The molecule has 2 amide bonds. The Hall–Kier alpha value is -2.58. The van der Waals surface area contributed by atoms with Gasteiger partial charge < -0.3 is 19.8 Å². The number of alkyl carbamates (subject to hydrolysis) is 1. The summed E-state index contributed by atoms with van der Waals surface area (Å²) < 4.78 is 9.83. The highest BCUT2D eigenvalue weighted by Gasteiger charge is 2.16. The van der Waals surface area contributed by atoms with Gasteiger partial charge in [-0.15, -0.1) is 0 Å². The Balaban J connectivity index is 2.34. The summed E-state index contributed by atoms with van der Waals surface area (Å²) in [5, 5.41) is 4.95. The molecule has 0 atom stereocenters. The summed E-state index contributed by atoms with van der Waals surface area (Å²) in [5.41, 5.74) is -0.446. The molecular weight excluding hydrogens is 304 g/mol. The van der Waals surface area contributed by atoms with E-state index in [9.17, 15) is 14.4 Å². The van der Waals surface area contributed by atoms with Crippen LogP contribution in [0, 0.1) is 0 Å². The van der Waals surface area contributed by atoms with E-state index in [1.165, 1.54) is 6.20 Å². The van der Waals surface area contributed by atoms with Crippen LogP contribution < -0.4 is 10.6 Å². The molecular formula is C14H22N4O5. The number of H-pyrrole nitrogens is 1. The van der Waals surface area contributed by atoms with Crippen molar-refractivity contribution in [3.05, 3.63) is 11.9 Å². The third-order valence-corrected chi connectivity index (χ3v) is 2.35. The second-order valence-electron chi connectivity index (χ2n) is 5.59. The van der Waals surface area contributed by atoms with Gasteiger partial charge in [-0.3, -0.25) is 10.1 Å². The van der Waals surface area contributed by atoms with Gasteiger partial charge in [0.2, 0.25) is 11.9 Å². The Kier molecular flexibility index (Phi) is 6.55. The van der Waals surface area contributed by atoms with Crippen LogP contribution in [0.1, 0.15) is 44.6 Å². The van der Waals surface area contributed by atoms with Crippen LogP contribution in [0.4, 0.5) is 10.7 Å². The van der Waals surface area contributed by atoms with E-state index in [1.807, 2.05) is 0 Å². The summed E-state index contributed by atoms with van der Waals surface area (Å²) in [6.45, 7) is 7.29. The Labute approximate surface area is 134 Å². The fraction of sp³-hybridized carbons (Fsp3) is 0.571. The van der Waals surface area contributed by atoms with E-state index in [0.29, 0.717) is 0 Å². The number of ether oxygens (including phenoxy) is 2.